The van der Waals surface area contributed by atoms with E-state index in [-0.39, 0.29) is 0 Å². The van der Waals surface area contributed by atoms with Gasteiger partial charge in [0.2, 0.25) is 0 Å². The van der Waals surface area contributed by atoms with E-state index >= 15 is 0 Å². The second-order valence-corrected chi connectivity index (χ2v) is 14.8. The molecule has 0 atom stereocenters. The molecule has 5 aromatic heterocycles. The Balaban J connectivity index is 1.26. The normalized spacial score (nSPS) is 12.1. The first-order chi connectivity index (χ1) is 27.6. The van der Waals surface area contributed by atoms with Crippen LogP contribution in [0.25, 0.3) is 110 Å². The van der Waals surface area contributed by atoms with E-state index in [2.05, 4.69) is 172 Å². The van der Waals surface area contributed by atoms with Crippen molar-refractivity contribution in [2.24, 2.45) is 14.1 Å². The molecule has 7 aromatic carbocycles. The lowest BCUT2D eigenvalue weighted by Gasteiger charge is -2.17. The molecular weight excluding hydrogens is 685 g/mol. The minimum absolute atomic E-state index is 0.612. The van der Waals surface area contributed by atoms with E-state index < -0.39 is 0 Å². The molecule has 56 heavy (non-hydrogen) atoms. The number of hydrogen-bond acceptors (Lipinski definition) is 2. The Morgan fingerprint density at radius 2 is 0.929 bits per heavy atom. The highest BCUT2D eigenvalue weighted by atomic mass is 15.1. The van der Waals surface area contributed by atoms with Gasteiger partial charge in [-0.05, 0) is 48.5 Å². The van der Waals surface area contributed by atoms with Crippen LogP contribution in [0.3, 0.4) is 0 Å². The van der Waals surface area contributed by atoms with Crippen molar-refractivity contribution in [1.82, 2.24) is 23.3 Å². The van der Waals surface area contributed by atoms with Crippen molar-refractivity contribution < 1.29 is 0 Å². The summed E-state index contributed by atoms with van der Waals surface area (Å²) < 4.78 is 9.29. The fourth-order valence-electron chi connectivity index (χ4n) is 9.66. The number of aryl methyl sites for hydroxylation is 2. The monoisotopic (exact) mass is 716 g/mol. The van der Waals surface area contributed by atoms with Crippen molar-refractivity contribution in [3.8, 4) is 28.7 Å². The summed E-state index contributed by atoms with van der Waals surface area (Å²) in [5.41, 5.74) is 12.4. The second-order valence-electron chi connectivity index (χ2n) is 14.8. The molecule has 12 rings (SSSR count). The van der Waals surface area contributed by atoms with Gasteiger partial charge in [0.1, 0.15) is 5.82 Å². The van der Waals surface area contributed by atoms with Crippen molar-refractivity contribution in [1.29, 1.82) is 5.26 Å². The van der Waals surface area contributed by atoms with Crippen LogP contribution in [0.1, 0.15) is 5.56 Å². The van der Waals surface area contributed by atoms with E-state index in [0.29, 0.717) is 5.56 Å². The molecule has 0 radical (unpaired) electrons. The number of aromatic nitrogens is 5. The molecule has 0 unspecified atom stereocenters. The number of fused-ring (bicyclic) bond motifs is 14. The number of hydrogen-bond donors (Lipinski definition) is 0. The van der Waals surface area contributed by atoms with Crippen LogP contribution in [-0.4, -0.2) is 23.3 Å². The Bertz CT molecular complexity index is 3690. The van der Waals surface area contributed by atoms with Crippen LogP contribution in [0.2, 0.25) is 0 Å². The van der Waals surface area contributed by atoms with Crippen LogP contribution < -0.4 is 0 Å². The summed E-state index contributed by atoms with van der Waals surface area (Å²) in [6.45, 7) is 0. The van der Waals surface area contributed by atoms with E-state index in [0.717, 1.165) is 50.2 Å². The van der Waals surface area contributed by atoms with Crippen LogP contribution in [0.4, 0.5) is 0 Å². The largest absolute Gasteiger partial charge is 0.344 e. The Morgan fingerprint density at radius 3 is 1.52 bits per heavy atom. The topological polar surface area (TPSA) is 56.4 Å². The molecule has 0 amide bonds. The third-order valence-corrected chi connectivity index (χ3v) is 12.1. The van der Waals surface area contributed by atoms with Crippen LogP contribution in [-0.2, 0) is 14.1 Å². The third-order valence-electron chi connectivity index (χ3n) is 12.1. The molecule has 0 aliphatic rings. The molecule has 0 fully saturated rings. The first kappa shape index (κ1) is 30.8. The van der Waals surface area contributed by atoms with Gasteiger partial charge in [0, 0.05) is 79.3 Å². The number of benzene rings is 7. The Hall–Kier alpha value is -7.62. The van der Waals surface area contributed by atoms with Crippen LogP contribution in [0.15, 0.2) is 158 Å². The summed E-state index contributed by atoms with van der Waals surface area (Å²) in [4.78, 5) is 5.42. The first-order valence-corrected chi connectivity index (χ1v) is 18.9. The van der Waals surface area contributed by atoms with Gasteiger partial charge in [-0.2, -0.15) is 5.26 Å². The van der Waals surface area contributed by atoms with E-state index in [4.69, 9.17) is 4.98 Å². The van der Waals surface area contributed by atoms with Crippen molar-refractivity contribution in [2.45, 2.75) is 0 Å². The van der Waals surface area contributed by atoms with Gasteiger partial charge in [0.15, 0.2) is 0 Å². The standard InChI is InChI=1S/C50H32N6/c1-53-39-19-9-7-17-36(39)47-43(53)25-23-34-32-15-5-11-21-41(32)55(49(34)47)45-29-52-46(27-38(45)31-14-4-3-13-30(31)28-51)56-42-22-12-6-16-33(42)35-24-26-44-48(50(35)56)37-18-8-10-20-40(37)54(44)2/h3-27,29H,1-2H3. The number of pyridine rings is 1. The number of nitrogens with zero attached hydrogens (tertiary/aromatic N) is 6. The highest BCUT2D eigenvalue weighted by Crippen LogP contribution is 2.44. The van der Waals surface area contributed by atoms with Crippen LogP contribution in [0.5, 0.6) is 0 Å². The van der Waals surface area contributed by atoms with Gasteiger partial charge < -0.3 is 13.7 Å². The summed E-state index contributed by atoms with van der Waals surface area (Å²) in [6.07, 6.45) is 2.03. The predicted octanol–water partition coefficient (Wildman–Crippen LogP) is 12.1. The van der Waals surface area contributed by atoms with Gasteiger partial charge >= 0.3 is 0 Å². The van der Waals surface area contributed by atoms with Crippen molar-refractivity contribution in [2.75, 3.05) is 0 Å². The highest BCUT2D eigenvalue weighted by molar-refractivity contribution is 6.27. The number of rotatable bonds is 3. The molecule has 0 aliphatic carbocycles. The van der Waals surface area contributed by atoms with E-state index in [1.54, 1.807) is 0 Å². The van der Waals surface area contributed by atoms with Crippen molar-refractivity contribution >= 4 is 87.2 Å². The lowest BCUT2D eigenvalue weighted by molar-refractivity contribution is 1.01. The van der Waals surface area contributed by atoms with Crippen molar-refractivity contribution in [3.63, 3.8) is 0 Å². The third kappa shape index (κ3) is 3.91. The van der Waals surface area contributed by atoms with Crippen molar-refractivity contribution in [3.05, 3.63) is 163 Å². The number of para-hydroxylation sites is 4. The van der Waals surface area contributed by atoms with Crippen LogP contribution in [0, 0.1) is 11.3 Å². The Morgan fingerprint density at radius 1 is 0.446 bits per heavy atom. The first-order valence-electron chi connectivity index (χ1n) is 18.9. The molecule has 262 valence electrons. The predicted molar refractivity (Wildman–Crippen MR) is 231 cm³/mol. The zero-order valence-corrected chi connectivity index (χ0v) is 30.7. The summed E-state index contributed by atoms with van der Waals surface area (Å²) in [5, 5.41) is 20.1. The molecule has 6 nitrogen and oxygen atoms in total. The fourth-order valence-corrected chi connectivity index (χ4v) is 9.66. The average molecular weight is 717 g/mol. The molecule has 0 saturated heterocycles. The zero-order valence-electron chi connectivity index (χ0n) is 30.7. The summed E-state index contributed by atoms with van der Waals surface area (Å²) in [5.74, 6) is 0.791. The highest BCUT2D eigenvalue weighted by Gasteiger charge is 2.24. The molecule has 0 saturated carbocycles. The van der Waals surface area contributed by atoms with E-state index in [1.807, 2.05) is 24.4 Å². The average Bonchev–Trinajstić information content (AvgIpc) is 3.96. The summed E-state index contributed by atoms with van der Waals surface area (Å²) >= 11 is 0. The number of nitriles is 1. The molecular formula is C50H32N6. The van der Waals surface area contributed by atoms with E-state index in [9.17, 15) is 5.26 Å². The second kappa shape index (κ2) is 11.2. The Labute approximate surface area is 320 Å². The van der Waals surface area contributed by atoms with Gasteiger partial charge in [-0.15, -0.1) is 0 Å². The van der Waals surface area contributed by atoms with E-state index in [1.165, 1.54) is 59.6 Å². The smallest absolute Gasteiger partial charge is 0.138 e. The lowest BCUT2D eigenvalue weighted by Crippen LogP contribution is -2.04. The van der Waals surface area contributed by atoms with Gasteiger partial charge in [-0.25, -0.2) is 4.98 Å². The quantitative estimate of drug-likeness (QED) is 0.183. The fraction of sp³-hybridized carbons (Fsp3) is 0.0400. The lowest BCUT2D eigenvalue weighted by atomic mass is 9.99. The molecule has 5 heterocycles. The molecule has 0 N–H and O–H groups in total. The molecule has 0 aliphatic heterocycles. The van der Waals surface area contributed by atoms with Gasteiger partial charge in [0.05, 0.1) is 56.6 Å². The Kier molecular flexibility index (Phi) is 6.16. The SMILES string of the molecule is Cn1c2ccccc2c2c1ccc1c3ccccc3n(-c3cc(-c4ccccc4C#N)c(-n4c5ccccc5c5ccc6c(c7ccccc7n6C)c54)cn3)c12. The maximum absolute atomic E-state index is 10.6. The maximum Gasteiger partial charge on any atom is 0.138 e. The molecule has 12 aromatic rings. The maximum atomic E-state index is 10.6. The van der Waals surface area contributed by atoms with Gasteiger partial charge in [-0.1, -0.05) is 103 Å². The minimum atomic E-state index is 0.612. The molecule has 6 heteroatoms. The molecule has 0 bridgehead atoms. The van der Waals surface area contributed by atoms with Crippen LogP contribution >= 0.6 is 0 Å². The molecule has 0 spiro atoms. The van der Waals surface area contributed by atoms with Gasteiger partial charge in [0.25, 0.3) is 0 Å². The minimum Gasteiger partial charge on any atom is -0.344 e. The van der Waals surface area contributed by atoms with Gasteiger partial charge in [-0.3, -0.25) is 4.57 Å². The summed E-state index contributed by atoms with van der Waals surface area (Å²) in [6, 6.07) is 56.2. The summed E-state index contributed by atoms with van der Waals surface area (Å²) in [7, 11) is 4.29. The zero-order chi connectivity index (χ0) is 37.2.